The van der Waals surface area contributed by atoms with E-state index < -0.39 is 36.5 Å². The third-order valence-electron chi connectivity index (χ3n) is 7.12. The first-order valence-electron chi connectivity index (χ1n) is 16.4. The van der Waals surface area contributed by atoms with E-state index in [4.69, 9.17) is 42.6 Å². The second kappa shape index (κ2) is 21.2. The largest absolute Gasteiger partial charge is 0.513 e. The van der Waals surface area contributed by atoms with E-state index in [-0.39, 0.29) is 43.8 Å². The predicted octanol–water partition coefficient (Wildman–Crippen LogP) is 7.37. The quantitative estimate of drug-likeness (QED) is 0.0127. The molecule has 0 aliphatic carbocycles. The van der Waals surface area contributed by atoms with Crippen molar-refractivity contribution in [1.82, 2.24) is 0 Å². The summed E-state index contributed by atoms with van der Waals surface area (Å²) < 4.78 is 48.0. The van der Waals surface area contributed by atoms with Crippen molar-refractivity contribution < 1.29 is 66.6 Å². The maximum atomic E-state index is 12.8. The summed E-state index contributed by atoms with van der Waals surface area (Å²) in [6, 6.07) is 17.6. The molecule has 1 saturated heterocycles. The number of rotatable bonds is 20. The molecule has 0 saturated carbocycles. The Bertz CT molecular complexity index is 1740. The van der Waals surface area contributed by atoms with Crippen molar-refractivity contribution >= 4 is 52.8 Å². The zero-order valence-electron chi connectivity index (χ0n) is 28.5. The lowest BCUT2D eigenvalue weighted by molar-refractivity contribution is -0.138. The minimum atomic E-state index is -0.904. The Morgan fingerprint density at radius 1 is 0.642 bits per heavy atom. The van der Waals surface area contributed by atoms with Crippen molar-refractivity contribution in [2.75, 3.05) is 26.4 Å². The van der Waals surface area contributed by atoms with E-state index in [9.17, 15) is 24.0 Å². The van der Waals surface area contributed by atoms with Gasteiger partial charge < -0.3 is 42.6 Å². The molecule has 0 N–H and O–H groups in total. The molecule has 1 aliphatic rings. The van der Waals surface area contributed by atoms with Gasteiger partial charge in [0.1, 0.15) is 29.1 Å². The van der Waals surface area contributed by atoms with Gasteiger partial charge in [-0.25, -0.2) is 24.0 Å². The van der Waals surface area contributed by atoms with Gasteiger partial charge in [0.25, 0.3) is 0 Å². The van der Waals surface area contributed by atoms with Crippen molar-refractivity contribution in [3.05, 3.63) is 109 Å². The zero-order valence-corrected chi connectivity index (χ0v) is 30.7. The van der Waals surface area contributed by atoms with Crippen molar-refractivity contribution in [3.63, 3.8) is 0 Å². The summed E-state index contributed by atoms with van der Waals surface area (Å²) in [7, 11) is 0. The molecule has 2 atom stereocenters. The summed E-state index contributed by atoms with van der Waals surface area (Å²) in [5.41, 5.74) is 1.84. The van der Waals surface area contributed by atoms with Gasteiger partial charge in [0.05, 0.1) is 32.0 Å². The minimum Gasteiger partial charge on any atom is -0.463 e. The molecule has 1 fully saturated rings. The van der Waals surface area contributed by atoms with Crippen LogP contribution in [0.1, 0.15) is 53.3 Å². The number of halogens is 1. The zero-order chi connectivity index (χ0) is 38.0. The Hall–Kier alpha value is -5.42. The van der Waals surface area contributed by atoms with Gasteiger partial charge in [-0.2, -0.15) is 0 Å². The monoisotopic (exact) mass is 844 g/mol. The normalized spacial score (nSPS) is 14.1. The minimum absolute atomic E-state index is 0.0833. The third-order valence-corrected chi connectivity index (χ3v) is 7.94. The SMILES string of the molecule is C=CC(=O)OCCCCOC(=O)Oc1ccc(C(=O)Oc2ccc(OC3OC3c3ccc(OC(=O)OCCCCOC(=O)C=C)cc3)c(CI)c2)cc1. The molecule has 0 spiro atoms. The standard InChI is InChI=1S/C38H37IO14/c1-3-32(40)45-19-5-7-21-47-37(43)50-28-13-9-25(10-14-28)34-36(53-34)52-31-18-17-30(23-27(31)24-39)49-35(42)26-11-15-29(16-12-26)51-38(44)48-22-8-6-20-46-33(41)4-2/h3-4,9-18,23,34,36H,1-2,5-8,19-22,24H2. The van der Waals surface area contributed by atoms with E-state index >= 15 is 0 Å². The average Bonchev–Trinajstić information content (AvgIpc) is 3.94. The second-order valence-corrected chi connectivity index (χ2v) is 11.8. The molecule has 280 valence electrons. The number of unbranched alkanes of at least 4 members (excludes halogenated alkanes) is 2. The van der Waals surface area contributed by atoms with Crippen LogP contribution in [0.4, 0.5) is 9.59 Å². The Morgan fingerprint density at radius 3 is 1.64 bits per heavy atom. The van der Waals surface area contributed by atoms with E-state index in [1.807, 2.05) is 0 Å². The van der Waals surface area contributed by atoms with Gasteiger partial charge in [0.2, 0.25) is 6.29 Å². The first-order chi connectivity index (χ1) is 25.7. The maximum absolute atomic E-state index is 12.8. The molecule has 0 aromatic heterocycles. The van der Waals surface area contributed by atoms with Crippen LogP contribution in [-0.4, -0.2) is 62.9 Å². The number of hydrogen-bond acceptors (Lipinski definition) is 14. The fourth-order valence-electron chi connectivity index (χ4n) is 4.37. The summed E-state index contributed by atoms with van der Waals surface area (Å²) in [6.07, 6.45) is 1.54. The highest BCUT2D eigenvalue weighted by Crippen LogP contribution is 2.42. The summed E-state index contributed by atoms with van der Waals surface area (Å²) in [6.45, 7) is 7.22. The van der Waals surface area contributed by atoms with Gasteiger partial charge in [0, 0.05) is 22.1 Å². The molecule has 1 aliphatic heterocycles. The van der Waals surface area contributed by atoms with Crippen LogP contribution in [0, 0.1) is 0 Å². The Labute approximate surface area is 319 Å². The molecule has 0 amide bonds. The molecule has 3 aromatic rings. The lowest BCUT2D eigenvalue weighted by Gasteiger charge is -2.11. The van der Waals surface area contributed by atoms with E-state index in [0.717, 1.165) is 23.3 Å². The van der Waals surface area contributed by atoms with Crippen LogP contribution in [0.2, 0.25) is 0 Å². The lowest BCUT2D eigenvalue weighted by atomic mass is 10.1. The van der Waals surface area contributed by atoms with Crippen molar-refractivity contribution in [2.45, 2.75) is 42.5 Å². The van der Waals surface area contributed by atoms with Crippen molar-refractivity contribution in [1.29, 1.82) is 0 Å². The van der Waals surface area contributed by atoms with Crippen LogP contribution in [0.15, 0.2) is 92.0 Å². The molecular formula is C38H37IO14. The van der Waals surface area contributed by atoms with Crippen LogP contribution >= 0.6 is 22.6 Å². The molecule has 0 radical (unpaired) electrons. The highest BCUT2D eigenvalue weighted by molar-refractivity contribution is 14.1. The second-order valence-electron chi connectivity index (χ2n) is 11.0. The van der Waals surface area contributed by atoms with Crippen LogP contribution < -0.4 is 18.9 Å². The van der Waals surface area contributed by atoms with E-state index in [1.165, 1.54) is 24.3 Å². The maximum Gasteiger partial charge on any atom is 0.513 e. The number of alkyl halides is 1. The van der Waals surface area contributed by atoms with Crippen molar-refractivity contribution in [2.24, 2.45) is 0 Å². The number of epoxide rings is 1. The molecule has 53 heavy (non-hydrogen) atoms. The molecule has 0 bridgehead atoms. The van der Waals surface area contributed by atoms with E-state index in [0.29, 0.717) is 47.4 Å². The highest BCUT2D eigenvalue weighted by Gasteiger charge is 2.43. The van der Waals surface area contributed by atoms with Crippen LogP contribution in [0.5, 0.6) is 23.0 Å². The van der Waals surface area contributed by atoms with Gasteiger partial charge >= 0.3 is 30.2 Å². The number of esters is 3. The van der Waals surface area contributed by atoms with Crippen LogP contribution in [-0.2, 0) is 37.7 Å². The topological polar surface area (TPSA) is 172 Å². The van der Waals surface area contributed by atoms with Gasteiger partial charge in [-0.3, -0.25) is 0 Å². The van der Waals surface area contributed by atoms with Crippen LogP contribution in [0.25, 0.3) is 0 Å². The Balaban J connectivity index is 1.17. The number of carbonyl (C=O) groups excluding carboxylic acids is 5. The van der Waals surface area contributed by atoms with Gasteiger partial charge in [0.15, 0.2) is 0 Å². The third kappa shape index (κ3) is 13.9. The summed E-state index contributed by atoms with van der Waals surface area (Å²) in [5, 5.41) is 0. The molecule has 3 aromatic carbocycles. The van der Waals surface area contributed by atoms with E-state index in [1.54, 1.807) is 42.5 Å². The smallest absolute Gasteiger partial charge is 0.463 e. The van der Waals surface area contributed by atoms with Gasteiger partial charge in [-0.05, 0) is 85.8 Å². The summed E-state index contributed by atoms with van der Waals surface area (Å²) in [4.78, 5) is 58.7. The molecule has 4 rings (SSSR count). The van der Waals surface area contributed by atoms with Gasteiger partial charge in [-0.15, -0.1) is 0 Å². The number of carbonyl (C=O) groups is 5. The lowest BCUT2D eigenvalue weighted by Crippen LogP contribution is -2.13. The highest BCUT2D eigenvalue weighted by atomic mass is 127. The van der Waals surface area contributed by atoms with Gasteiger partial charge in [-0.1, -0.05) is 47.9 Å². The number of ether oxygens (including phenoxy) is 9. The fraction of sp³-hybridized carbons (Fsp3) is 0.289. The average molecular weight is 845 g/mol. The first-order valence-corrected chi connectivity index (χ1v) is 17.9. The fourth-order valence-corrected chi connectivity index (χ4v) is 4.97. The Morgan fingerprint density at radius 2 is 1.13 bits per heavy atom. The molecule has 1 heterocycles. The molecular weight excluding hydrogens is 807 g/mol. The van der Waals surface area contributed by atoms with E-state index in [2.05, 4.69) is 35.7 Å². The predicted molar refractivity (Wildman–Crippen MR) is 195 cm³/mol. The molecule has 2 unspecified atom stereocenters. The molecule has 14 nitrogen and oxygen atoms in total. The number of hydrogen-bond donors (Lipinski definition) is 0. The van der Waals surface area contributed by atoms with Crippen molar-refractivity contribution in [3.8, 4) is 23.0 Å². The Kier molecular flexibility index (Phi) is 16.1. The summed E-state index contributed by atoms with van der Waals surface area (Å²) in [5.74, 6) is -0.267. The van der Waals surface area contributed by atoms with Crippen LogP contribution in [0.3, 0.4) is 0 Å². The molecule has 15 heteroatoms. The first kappa shape index (κ1) is 40.4. The summed E-state index contributed by atoms with van der Waals surface area (Å²) >= 11 is 2.18. The number of benzene rings is 3.